The van der Waals surface area contributed by atoms with E-state index >= 15 is 0 Å². The Bertz CT molecular complexity index is 782. The number of benzene rings is 1. The van der Waals surface area contributed by atoms with Crippen molar-refractivity contribution in [2.75, 3.05) is 13.2 Å². The number of rotatable bonds is 6. The Morgan fingerprint density at radius 3 is 2.89 bits per heavy atom. The quantitative estimate of drug-likeness (QED) is 0.767. The highest BCUT2D eigenvalue weighted by Crippen LogP contribution is 2.36. The van der Waals surface area contributed by atoms with Crippen LogP contribution >= 0.6 is 11.8 Å². The van der Waals surface area contributed by atoms with Crippen molar-refractivity contribution < 1.29 is 14.3 Å². The van der Waals surface area contributed by atoms with Crippen molar-refractivity contribution in [2.24, 2.45) is 0 Å². The van der Waals surface area contributed by atoms with E-state index in [1.165, 1.54) is 24.2 Å². The van der Waals surface area contributed by atoms with E-state index in [2.05, 4.69) is 21.8 Å². The Morgan fingerprint density at radius 1 is 1.44 bits per heavy atom. The molecular formula is C19H22N4O3S. The summed E-state index contributed by atoms with van der Waals surface area (Å²) in [6, 6.07) is 9.04. The van der Waals surface area contributed by atoms with Crippen molar-refractivity contribution in [3.05, 3.63) is 60.7 Å². The van der Waals surface area contributed by atoms with Crippen LogP contribution in [-0.2, 0) is 4.74 Å². The molecule has 1 unspecified atom stereocenters. The van der Waals surface area contributed by atoms with E-state index in [0.717, 1.165) is 0 Å². The lowest BCUT2D eigenvalue weighted by Crippen LogP contribution is -2.39. The van der Waals surface area contributed by atoms with Crippen LogP contribution < -0.4 is 0 Å². The number of H-pyrrole nitrogens is 1. The molecule has 1 amide bonds. The predicted octanol–water partition coefficient (Wildman–Crippen LogP) is 3.25. The van der Waals surface area contributed by atoms with E-state index in [-0.39, 0.29) is 28.9 Å². The number of thioether (sulfide) groups is 1. The molecular weight excluding hydrogens is 364 g/mol. The standard InChI is InChI=1S/C19H22N4O3S/c1-3-9-26-19(25)23-11-15(27-18(24)14-7-5-4-6-8-14)10-16(23)13(2)17-20-12-21-22-17/h3-8,12-13,15-16H,1,9-11H2,2H3,(H,20,21,22)/t13?,15-,16+/m0/s1. The predicted molar refractivity (Wildman–Crippen MR) is 104 cm³/mol. The Morgan fingerprint density at radius 2 is 2.22 bits per heavy atom. The Labute approximate surface area is 162 Å². The normalized spacial score (nSPS) is 20.3. The molecule has 3 rings (SSSR count). The van der Waals surface area contributed by atoms with Crippen LogP contribution in [0, 0.1) is 0 Å². The Balaban J connectivity index is 1.73. The smallest absolute Gasteiger partial charge is 0.410 e. The number of likely N-dealkylation sites (tertiary alicyclic amines) is 1. The summed E-state index contributed by atoms with van der Waals surface area (Å²) in [5.74, 6) is 0.655. The monoisotopic (exact) mass is 386 g/mol. The van der Waals surface area contributed by atoms with Gasteiger partial charge >= 0.3 is 6.09 Å². The lowest BCUT2D eigenvalue weighted by molar-refractivity contribution is 0.103. The van der Waals surface area contributed by atoms with Gasteiger partial charge in [0, 0.05) is 29.3 Å². The van der Waals surface area contributed by atoms with Gasteiger partial charge in [-0.1, -0.05) is 61.7 Å². The summed E-state index contributed by atoms with van der Waals surface area (Å²) < 4.78 is 5.24. The van der Waals surface area contributed by atoms with E-state index in [1.807, 2.05) is 25.1 Å². The third kappa shape index (κ3) is 4.57. The lowest BCUT2D eigenvalue weighted by Gasteiger charge is -2.27. The van der Waals surface area contributed by atoms with Crippen LogP contribution in [0.2, 0.25) is 0 Å². The van der Waals surface area contributed by atoms with Gasteiger partial charge in [-0.3, -0.25) is 9.89 Å². The highest BCUT2D eigenvalue weighted by atomic mass is 32.2. The molecule has 2 heterocycles. The number of nitrogens with zero attached hydrogens (tertiary/aromatic N) is 3. The van der Waals surface area contributed by atoms with E-state index in [9.17, 15) is 9.59 Å². The highest BCUT2D eigenvalue weighted by Gasteiger charge is 2.41. The van der Waals surface area contributed by atoms with Gasteiger partial charge < -0.3 is 9.64 Å². The zero-order valence-electron chi connectivity index (χ0n) is 15.1. The van der Waals surface area contributed by atoms with Crippen molar-refractivity contribution in [2.45, 2.75) is 30.6 Å². The average molecular weight is 386 g/mol. The minimum absolute atomic E-state index is 0.00739. The molecule has 7 nitrogen and oxygen atoms in total. The minimum Gasteiger partial charge on any atom is -0.445 e. The van der Waals surface area contributed by atoms with Gasteiger partial charge in [0.25, 0.3) is 0 Å². The van der Waals surface area contributed by atoms with E-state index in [4.69, 9.17) is 4.74 Å². The second-order valence-corrected chi connectivity index (χ2v) is 7.65. The summed E-state index contributed by atoms with van der Waals surface area (Å²) in [4.78, 5) is 30.9. The molecule has 1 aromatic heterocycles. The first kappa shape index (κ1) is 19.2. The fourth-order valence-corrected chi connectivity index (χ4v) is 4.32. The molecule has 1 fully saturated rings. The maximum Gasteiger partial charge on any atom is 0.410 e. The number of hydrogen-bond acceptors (Lipinski definition) is 6. The maximum atomic E-state index is 12.5. The molecule has 142 valence electrons. The van der Waals surface area contributed by atoms with Crippen molar-refractivity contribution in [3.8, 4) is 0 Å². The molecule has 1 N–H and O–H groups in total. The van der Waals surface area contributed by atoms with Crippen molar-refractivity contribution in [1.82, 2.24) is 20.1 Å². The topological polar surface area (TPSA) is 88.2 Å². The first-order valence-corrected chi connectivity index (χ1v) is 9.63. The molecule has 0 spiro atoms. The molecule has 27 heavy (non-hydrogen) atoms. The largest absolute Gasteiger partial charge is 0.445 e. The molecule has 2 aromatic rings. The fourth-order valence-electron chi connectivity index (χ4n) is 3.22. The first-order chi connectivity index (χ1) is 13.1. The number of carbonyl (C=O) groups is 2. The van der Waals surface area contributed by atoms with E-state index in [1.54, 1.807) is 17.0 Å². The molecule has 1 saturated heterocycles. The highest BCUT2D eigenvalue weighted by molar-refractivity contribution is 8.14. The van der Waals surface area contributed by atoms with Crippen LogP contribution in [0.15, 0.2) is 49.3 Å². The van der Waals surface area contributed by atoms with Crippen LogP contribution in [0.5, 0.6) is 0 Å². The molecule has 0 bridgehead atoms. The molecule has 1 aliphatic rings. The SMILES string of the molecule is C=CCOC(=O)N1C[C@@H](SC(=O)c2ccccc2)C[C@@H]1C(C)c1ncn[nH]1. The number of hydrogen-bond donors (Lipinski definition) is 1. The first-order valence-electron chi connectivity index (χ1n) is 8.75. The second-order valence-electron chi connectivity index (χ2n) is 6.37. The van der Waals surface area contributed by atoms with Gasteiger partial charge in [0.1, 0.15) is 18.8 Å². The number of aromatic amines is 1. The lowest BCUT2D eigenvalue weighted by atomic mass is 9.99. The summed E-state index contributed by atoms with van der Waals surface area (Å²) in [6.07, 6.45) is 3.26. The summed E-state index contributed by atoms with van der Waals surface area (Å²) in [6.45, 7) is 6.16. The summed E-state index contributed by atoms with van der Waals surface area (Å²) in [5, 5.41) is 6.76. The van der Waals surface area contributed by atoms with Crippen molar-refractivity contribution in [1.29, 1.82) is 0 Å². The van der Waals surface area contributed by atoms with Crippen LogP contribution in [0.4, 0.5) is 4.79 Å². The molecule has 0 saturated carbocycles. The number of nitrogens with one attached hydrogen (secondary N) is 1. The third-order valence-corrected chi connectivity index (χ3v) is 5.71. The van der Waals surface area contributed by atoms with E-state index in [0.29, 0.717) is 24.4 Å². The van der Waals surface area contributed by atoms with Gasteiger partial charge in [-0.2, -0.15) is 5.10 Å². The molecule has 0 radical (unpaired) electrons. The Kier molecular flexibility index (Phi) is 6.28. The number of ether oxygens (including phenoxy) is 1. The van der Waals surface area contributed by atoms with Gasteiger partial charge in [-0.15, -0.1) is 0 Å². The summed E-state index contributed by atoms with van der Waals surface area (Å²) in [5.41, 5.74) is 0.662. The molecule has 1 aliphatic heterocycles. The van der Waals surface area contributed by atoms with Crippen LogP contribution in [0.25, 0.3) is 0 Å². The van der Waals surface area contributed by atoms with Gasteiger partial charge in [0.15, 0.2) is 0 Å². The average Bonchev–Trinajstić information content (AvgIpc) is 3.36. The molecule has 8 heteroatoms. The van der Waals surface area contributed by atoms with Crippen molar-refractivity contribution >= 4 is 23.0 Å². The van der Waals surface area contributed by atoms with Gasteiger partial charge in [0.05, 0.1) is 0 Å². The summed E-state index contributed by atoms with van der Waals surface area (Å²) >= 11 is 1.27. The maximum absolute atomic E-state index is 12.5. The van der Waals surface area contributed by atoms with Gasteiger partial charge in [0.2, 0.25) is 5.12 Å². The Hall–Kier alpha value is -2.61. The number of aromatic nitrogens is 3. The zero-order chi connectivity index (χ0) is 19.2. The fraction of sp³-hybridized carbons (Fsp3) is 0.368. The molecule has 3 atom stereocenters. The second kappa shape index (κ2) is 8.85. The zero-order valence-corrected chi connectivity index (χ0v) is 15.9. The minimum atomic E-state index is -0.401. The van der Waals surface area contributed by atoms with Crippen LogP contribution in [-0.4, -0.2) is 55.7 Å². The van der Waals surface area contributed by atoms with E-state index < -0.39 is 6.09 Å². The number of amides is 1. The summed E-state index contributed by atoms with van der Waals surface area (Å²) in [7, 11) is 0. The molecule has 1 aromatic carbocycles. The van der Waals surface area contributed by atoms with Gasteiger partial charge in [-0.25, -0.2) is 9.78 Å². The van der Waals surface area contributed by atoms with Crippen LogP contribution in [0.1, 0.15) is 35.4 Å². The number of carbonyl (C=O) groups excluding carboxylic acids is 2. The van der Waals surface area contributed by atoms with Gasteiger partial charge in [-0.05, 0) is 6.42 Å². The van der Waals surface area contributed by atoms with Crippen LogP contribution in [0.3, 0.4) is 0 Å². The van der Waals surface area contributed by atoms with Crippen molar-refractivity contribution in [3.63, 3.8) is 0 Å². The third-order valence-electron chi connectivity index (χ3n) is 4.59. The molecule has 0 aliphatic carbocycles.